The molecule has 0 saturated heterocycles. The first-order valence-corrected chi connectivity index (χ1v) is 7.98. The number of hydrogen-bond acceptors (Lipinski definition) is 4. The zero-order chi connectivity index (χ0) is 14.5. The lowest BCUT2D eigenvalue weighted by Crippen LogP contribution is -1.99. The molecule has 1 aromatic carbocycles. The molecular formula is C16H18N4S. The van der Waals surface area contributed by atoms with Gasteiger partial charge in [0.05, 0.1) is 6.20 Å². The van der Waals surface area contributed by atoms with E-state index in [1.165, 1.54) is 5.56 Å². The molecule has 0 amide bonds. The molecule has 3 aromatic rings. The maximum atomic E-state index is 4.34. The predicted molar refractivity (Wildman–Crippen MR) is 87.4 cm³/mol. The third kappa shape index (κ3) is 3.49. The summed E-state index contributed by atoms with van der Waals surface area (Å²) in [5.74, 6) is 0. The Labute approximate surface area is 128 Å². The Bertz CT molecular complexity index is 671. The number of hydrogen-bond donors (Lipinski definition) is 1. The van der Waals surface area contributed by atoms with E-state index in [0.717, 1.165) is 35.8 Å². The van der Waals surface area contributed by atoms with E-state index in [9.17, 15) is 0 Å². The average molecular weight is 298 g/mol. The largest absolute Gasteiger partial charge is 0.381 e. The number of nitrogens with one attached hydrogen (secondary N) is 1. The summed E-state index contributed by atoms with van der Waals surface area (Å²) < 4.78 is 1.99. The molecule has 0 aliphatic heterocycles. The Hall–Kier alpha value is -2.14. The molecule has 0 unspecified atom stereocenters. The molecule has 0 saturated carbocycles. The van der Waals surface area contributed by atoms with Crippen LogP contribution in [0.25, 0.3) is 10.6 Å². The first-order valence-electron chi connectivity index (χ1n) is 7.10. The first kappa shape index (κ1) is 13.8. The van der Waals surface area contributed by atoms with Crippen LogP contribution < -0.4 is 5.32 Å². The molecule has 108 valence electrons. The lowest BCUT2D eigenvalue weighted by molar-refractivity contribution is 0.602. The molecule has 0 aliphatic rings. The van der Waals surface area contributed by atoms with E-state index >= 15 is 0 Å². The number of rotatable bonds is 6. The Balaban J connectivity index is 1.60. The lowest BCUT2D eigenvalue weighted by atomic mass is 10.2. The Kier molecular flexibility index (Phi) is 4.31. The molecule has 5 heteroatoms. The van der Waals surface area contributed by atoms with Crippen molar-refractivity contribution >= 4 is 17.0 Å². The predicted octanol–water partition coefficient (Wildman–Crippen LogP) is 4.03. The number of thiazole rings is 1. The van der Waals surface area contributed by atoms with Crippen molar-refractivity contribution in [1.82, 2.24) is 14.8 Å². The number of benzene rings is 1. The SMILES string of the molecule is CCCn1cc(CNc2ccc(-c3nccs3)cc2)cn1. The minimum Gasteiger partial charge on any atom is -0.381 e. The molecular weight excluding hydrogens is 280 g/mol. The van der Waals surface area contributed by atoms with E-state index in [1.54, 1.807) is 11.3 Å². The Morgan fingerprint density at radius 1 is 1.24 bits per heavy atom. The maximum absolute atomic E-state index is 4.34. The summed E-state index contributed by atoms with van der Waals surface area (Å²) in [6.45, 7) is 3.92. The molecule has 2 heterocycles. The maximum Gasteiger partial charge on any atom is 0.123 e. The highest BCUT2D eigenvalue weighted by molar-refractivity contribution is 7.13. The van der Waals surface area contributed by atoms with Gasteiger partial charge in [-0.15, -0.1) is 11.3 Å². The van der Waals surface area contributed by atoms with Crippen LogP contribution in [-0.2, 0) is 13.1 Å². The fourth-order valence-electron chi connectivity index (χ4n) is 2.15. The van der Waals surface area contributed by atoms with Crippen molar-refractivity contribution in [3.8, 4) is 10.6 Å². The zero-order valence-electron chi connectivity index (χ0n) is 12.0. The molecule has 2 aromatic heterocycles. The van der Waals surface area contributed by atoms with Crippen molar-refractivity contribution in [3.63, 3.8) is 0 Å². The molecule has 1 N–H and O–H groups in total. The van der Waals surface area contributed by atoms with Gasteiger partial charge in [-0.25, -0.2) is 4.98 Å². The highest BCUT2D eigenvalue weighted by atomic mass is 32.1. The summed E-state index contributed by atoms with van der Waals surface area (Å²) >= 11 is 1.66. The second-order valence-corrected chi connectivity index (χ2v) is 5.77. The van der Waals surface area contributed by atoms with Gasteiger partial charge in [-0.1, -0.05) is 6.92 Å². The molecule has 0 aliphatic carbocycles. The van der Waals surface area contributed by atoms with Crippen molar-refractivity contribution in [2.75, 3.05) is 5.32 Å². The summed E-state index contributed by atoms with van der Waals surface area (Å²) in [6.07, 6.45) is 6.96. The van der Waals surface area contributed by atoms with Gasteiger partial charge >= 0.3 is 0 Å². The quantitative estimate of drug-likeness (QED) is 0.747. The van der Waals surface area contributed by atoms with Crippen LogP contribution in [0.2, 0.25) is 0 Å². The highest BCUT2D eigenvalue weighted by Crippen LogP contribution is 2.23. The molecule has 0 fully saturated rings. The summed E-state index contributed by atoms with van der Waals surface area (Å²) in [6, 6.07) is 8.38. The number of anilines is 1. The second-order valence-electron chi connectivity index (χ2n) is 4.88. The van der Waals surface area contributed by atoms with E-state index in [2.05, 4.69) is 52.8 Å². The molecule has 3 rings (SSSR count). The van der Waals surface area contributed by atoms with Crippen LogP contribution in [0, 0.1) is 0 Å². The van der Waals surface area contributed by atoms with Gasteiger partial charge in [-0.3, -0.25) is 4.68 Å². The number of nitrogens with zero attached hydrogens (tertiary/aromatic N) is 3. The van der Waals surface area contributed by atoms with Crippen LogP contribution in [0.3, 0.4) is 0 Å². The van der Waals surface area contributed by atoms with Crippen LogP contribution in [0.1, 0.15) is 18.9 Å². The fraction of sp³-hybridized carbons (Fsp3) is 0.250. The van der Waals surface area contributed by atoms with Crippen molar-refractivity contribution in [2.45, 2.75) is 26.4 Å². The molecule has 0 spiro atoms. The van der Waals surface area contributed by atoms with Gasteiger partial charge in [0.1, 0.15) is 5.01 Å². The molecule has 0 radical (unpaired) electrons. The minimum absolute atomic E-state index is 0.792. The topological polar surface area (TPSA) is 42.7 Å². The van der Waals surface area contributed by atoms with Gasteiger partial charge in [0.2, 0.25) is 0 Å². The average Bonchev–Trinajstić information content (AvgIpc) is 3.18. The zero-order valence-corrected chi connectivity index (χ0v) is 12.8. The first-order chi connectivity index (χ1) is 10.3. The standard InChI is InChI=1S/C16H18N4S/c1-2-8-20-12-13(11-19-20)10-18-15-5-3-14(4-6-15)16-17-7-9-21-16/h3-7,9,11-12,18H,2,8,10H2,1H3. The van der Waals surface area contributed by atoms with Crippen LogP contribution >= 0.6 is 11.3 Å². The van der Waals surface area contributed by atoms with E-state index in [4.69, 9.17) is 0 Å². The summed E-state index contributed by atoms with van der Waals surface area (Å²) in [5.41, 5.74) is 3.47. The monoisotopic (exact) mass is 298 g/mol. The van der Waals surface area contributed by atoms with Gasteiger partial charge < -0.3 is 5.32 Å². The smallest absolute Gasteiger partial charge is 0.123 e. The Morgan fingerprint density at radius 3 is 2.81 bits per heavy atom. The van der Waals surface area contributed by atoms with Gasteiger partial charge in [-0.2, -0.15) is 5.10 Å². The van der Waals surface area contributed by atoms with Gasteiger partial charge in [0, 0.05) is 47.7 Å². The van der Waals surface area contributed by atoms with E-state index < -0.39 is 0 Å². The fourth-order valence-corrected chi connectivity index (χ4v) is 2.79. The summed E-state index contributed by atoms with van der Waals surface area (Å²) in [7, 11) is 0. The molecule has 0 atom stereocenters. The summed E-state index contributed by atoms with van der Waals surface area (Å²) in [5, 5.41) is 10.8. The van der Waals surface area contributed by atoms with Crippen molar-refractivity contribution < 1.29 is 0 Å². The summed E-state index contributed by atoms with van der Waals surface area (Å²) in [4.78, 5) is 4.32. The van der Waals surface area contributed by atoms with E-state index in [-0.39, 0.29) is 0 Å². The van der Waals surface area contributed by atoms with Gasteiger partial charge in [-0.05, 0) is 30.7 Å². The Morgan fingerprint density at radius 2 is 2.10 bits per heavy atom. The molecule has 0 bridgehead atoms. The minimum atomic E-state index is 0.792. The van der Waals surface area contributed by atoms with Gasteiger partial charge in [0.25, 0.3) is 0 Å². The normalized spacial score (nSPS) is 10.7. The molecule has 21 heavy (non-hydrogen) atoms. The van der Waals surface area contributed by atoms with E-state index in [1.807, 2.05) is 22.5 Å². The number of aromatic nitrogens is 3. The van der Waals surface area contributed by atoms with Crippen LogP contribution in [-0.4, -0.2) is 14.8 Å². The van der Waals surface area contributed by atoms with E-state index in [0.29, 0.717) is 0 Å². The van der Waals surface area contributed by atoms with Crippen LogP contribution in [0.4, 0.5) is 5.69 Å². The highest BCUT2D eigenvalue weighted by Gasteiger charge is 2.01. The second kappa shape index (κ2) is 6.54. The number of aryl methyl sites for hydroxylation is 1. The van der Waals surface area contributed by atoms with Crippen molar-refractivity contribution in [2.24, 2.45) is 0 Å². The van der Waals surface area contributed by atoms with Crippen molar-refractivity contribution in [3.05, 3.63) is 53.8 Å². The third-order valence-corrected chi connectivity index (χ3v) is 4.02. The van der Waals surface area contributed by atoms with Crippen molar-refractivity contribution in [1.29, 1.82) is 0 Å². The third-order valence-electron chi connectivity index (χ3n) is 3.20. The van der Waals surface area contributed by atoms with Crippen LogP contribution in [0.15, 0.2) is 48.2 Å². The van der Waals surface area contributed by atoms with Crippen LogP contribution in [0.5, 0.6) is 0 Å². The molecule has 4 nitrogen and oxygen atoms in total. The lowest BCUT2D eigenvalue weighted by Gasteiger charge is -2.05. The van der Waals surface area contributed by atoms with Gasteiger partial charge in [0.15, 0.2) is 0 Å².